The van der Waals surface area contributed by atoms with Crippen molar-refractivity contribution in [2.24, 2.45) is 0 Å². The molecule has 19 heavy (non-hydrogen) atoms. The van der Waals surface area contributed by atoms with Crippen LogP contribution in [0.4, 0.5) is 8.78 Å². The Hall–Kier alpha value is -0.300. The van der Waals surface area contributed by atoms with Crippen LogP contribution < -0.4 is 5.32 Å². The SMILES string of the molecule is CNC(c1cc(Br)c(C)s1)c1c(F)cc(Br)cc1F. The number of thiophene rings is 1. The number of hydrogen-bond donors (Lipinski definition) is 1. The highest BCUT2D eigenvalue weighted by molar-refractivity contribution is 9.10. The number of nitrogens with one attached hydrogen (secondary N) is 1. The first-order chi connectivity index (χ1) is 8.93. The molecule has 1 aromatic heterocycles. The van der Waals surface area contributed by atoms with Crippen LogP contribution in [-0.2, 0) is 0 Å². The molecule has 102 valence electrons. The lowest BCUT2D eigenvalue weighted by molar-refractivity contribution is 0.523. The van der Waals surface area contributed by atoms with Crippen LogP contribution in [0.5, 0.6) is 0 Å². The fourth-order valence-corrected chi connectivity index (χ4v) is 3.97. The molecule has 0 aliphatic rings. The highest BCUT2D eigenvalue weighted by Gasteiger charge is 2.23. The number of halogens is 4. The van der Waals surface area contributed by atoms with Crippen molar-refractivity contribution in [2.75, 3.05) is 7.05 Å². The normalized spacial score (nSPS) is 12.7. The Balaban J connectivity index is 2.54. The van der Waals surface area contributed by atoms with Crippen molar-refractivity contribution in [3.8, 4) is 0 Å². The predicted molar refractivity (Wildman–Crippen MR) is 81.7 cm³/mol. The standard InChI is InChI=1S/C13H11Br2F2NS/c1-6-8(15)5-11(19-6)13(18-2)12-9(16)3-7(14)4-10(12)17/h3-5,13,18H,1-2H3. The lowest BCUT2D eigenvalue weighted by Crippen LogP contribution is -2.19. The van der Waals surface area contributed by atoms with E-state index in [0.717, 1.165) is 14.2 Å². The van der Waals surface area contributed by atoms with Crippen molar-refractivity contribution in [3.05, 3.63) is 54.1 Å². The van der Waals surface area contributed by atoms with Crippen LogP contribution >= 0.6 is 43.2 Å². The lowest BCUT2D eigenvalue weighted by atomic mass is 10.0. The zero-order valence-corrected chi connectivity index (χ0v) is 14.2. The van der Waals surface area contributed by atoms with E-state index in [2.05, 4.69) is 37.2 Å². The minimum atomic E-state index is -0.562. The van der Waals surface area contributed by atoms with E-state index in [4.69, 9.17) is 0 Å². The molecular weight excluding hydrogens is 400 g/mol. The van der Waals surface area contributed by atoms with E-state index in [1.54, 1.807) is 7.05 Å². The minimum Gasteiger partial charge on any atom is -0.308 e. The Kier molecular flexibility index (Phi) is 4.76. The molecule has 0 spiro atoms. The van der Waals surface area contributed by atoms with Crippen molar-refractivity contribution in [3.63, 3.8) is 0 Å². The summed E-state index contributed by atoms with van der Waals surface area (Å²) in [6, 6.07) is 3.95. The van der Waals surface area contributed by atoms with Gasteiger partial charge in [0.1, 0.15) is 11.6 Å². The molecule has 0 amide bonds. The minimum absolute atomic E-state index is 0.0412. The van der Waals surface area contributed by atoms with Gasteiger partial charge in [-0.15, -0.1) is 11.3 Å². The maximum absolute atomic E-state index is 14.0. The van der Waals surface area contributed by atoms with E-state index < -0.39 is 17.7 Å². The number of hydrogen-bond acceptors (Lipinski definition) is 2. The molecule has 0 bridgehead atoms. The van der Waals surface area contributed by atoms with Gasteiger partial charge in [0.2, 0.25) is 0 Å². The number of aryl methyl sites for hydroxylation is 1. The lowest BCUT2D eigenvalue weighted by Gasteiger charge is -2.17. The van der Waals surface area contributed by atoms with Crippen LogP contribution in [0.1, 0.15) is 21.4 Å². The Morgan fingerprint density at radius 2 is 1.74 bits per heavy atom. The molecule has 0 aliphatic heterocycles. The second-order valence-electron chi connectivity index (χ2n) is 4.06. The Labute approximate surface area is 131 Å². The van der Waals surface area contributed by atoms with Crippen molar-refractivity contribution in [1.82, 2.24) is 5.32 Å². The maximum Gasteiger partial charge on any atom is 0.132 e. The van der Waals surface area contributed by atoms with Gasteiger partial charge in [0.05, 0.1) is 6.04 Å². The van der Waals surface area contributed by atoms with Crippen LogP contribution in [0, 0.1) is 18.6 Å². The second kappa shape index (κ2) is 5.99. The smallest absolute Gasteiger partial charge is 0.132 e. The Morgan fingerprint density at radius 3 is 2.16 bits per heavy atom. The average Bonchev–Trinajstić information content (AvgIpc) is 2.63. The summed E-state index contributed by atoms with van der Waals surface area (Å²) >= 11 is 8.02. The molecule has 0 aliphatic carbocycles. The molecule has 0 radical (unpaired) electrons. The third-order valence-corrected chi connectivity index (χ3v) is 5.44. The van der Waals surface area contributed by atoms with Gasteiger partial charge < -0.3 is 5.32 Å². The van der Waals surface area contributed by atoms with Gasteiger partial charge in [0.15, 0.2) is 0 Å². The molecule has 6 heteroatoms. The molecule has 0 fully saturated rings. The molecule has 1 unspecified atom stereocenters. The molecule has 1 atom stereocenters. The quantitative estimate of drug-likeness (QED) is 0.735. The van der Waals surface area contributed by atoms with Gasteiger partial charge in [-0.05, 0) is 48.1 Å². The molecule has 1 N–H and O–H groups in total. The zero-order chi connectivity index (χ0) is 14.2. The summed E-state index contributed by atoms with van der Waals surface area (Å²) in [6.07, 6.45) is 0. The third-order valence-electron chi connectivity index (χ3n) is 2.78. The molecule has 1 nitrogen and oxygen atoms in total. The Bertz CT molecular complexity index is 570. The summed E-state index contributed by atoms with van der Waals surface area (Å²) in [7, 11) is 1.69. The van der Waals surface area contributed by atoms with Gasteiger partial charge in [-0.1, -0.05) is 15.9 Å². The first-order valence-corrected chi connectivity index (χ1v) is 7.91. The van der Waals surface area contributed by atoms with E-state index >= 15 is 0 Å². The largest absolute Gasteiger partial charge is 0.308 e. The second-order valence-corrected chi connectivity index (χ2v) is 7.12. The van der Waals surface area contributed by atoms with Crippen molar-refractivity contribution in [1.29, 1.82) is 0 Å². The third kappa shape index (κ3) is 3.07. The van der Waals surface area contributed by atoms with Crippen molar-refractivity contribution >= 4 is 43.2 Å². The molecular formula is C13H11Br2F2NS. The highest BCUT2D eigenvalue weighted by Crippen LogP contribution is 2.36. The highest BCUT2D eigenvalue weighted by atomic mass is 79.9. The van der Waals surface area contributed by atoms with Gasteiger partial charge in [-0.25, -0.2) is 8.78 Å². The Morgan fingerprint density at radius 1 is 1.16 bits per heavy atom. The van der Waals surface area contributed by atoms with Crippen LogP contribution in [0.2, 0.25) is 0 Å². The topological polar surface area (TPSA) is 12.0 Å². The summed E-state index contributed by atoms with van der Waals surface area (Å²) in [5, 5.41) is 2.97. The monoisotopic (exact) mass is 409 g/mol. The first kappa shape index (κ1) is 15.1. The molecule has 2 aromatic rings. The fraction of sp³-hybridized carbons (Fsp3) is 0.231. The molecule has 0 saturated carbocycles. The van der Waals surface area contributed by atoms with Gasteiger partial charge in [0.25, 0.3) is 0 Å². The molecule has 1 aromatic carbocycles. The van der Waals surface area contributed by atoms with Gasteiger partial charge in [0, 0.05) is 24.3 Å². The molecule has 1 heterocycles. The summed E-state index contributed by atoms with van der Waals surface area (Å²) in [4.78, 5) is 1.94. The first-order valence-electron chi connectivity index (χ1n) is 5.51. The molecule has 0 saturated heterocycles. The van der Waals surface area contributed by atoms with Crippen LogP contribution in [0.15, 0.2) is 27.1 Å². The van der Waals surface area contributed by atoms with E-state index in [1.165, 1.54) is 23.5 Å². The average molecular weight is 411 g/mol. The summed E-state index contributed by atoms with van der Waals surface area (Å²) in [5.41, 5.74) is 0.0412. The van der Waals surface area contributed by atoms with Gasteiger partial charge in [-0.3, -0.25) is 0 Å². The fourth-order valence-electron chi connectivity index (χ4n) is 1.88. The summed E-state index contributed by atoms with van der Waals surface area (Å²) in [6.45, 7) is 1.96. The number of benzene rings is 1. The predicted octanol–water partition coefficient (Wildman–Crippen LogP) is 5.17. The number of rotatable bonds is 3. The van der Waals surface area contributed by atoms with Gasteiger partial charge >= 0.3 is 0 Å². The van der Waals surface area contributed by atoms with E-state index in [0.29, 0.717) is 4.47 Å². The van der Waals surface area contributed by atoms with Crippen molar-refractivity contribution < 1.29 is 8.78 Å². The van der Waals surface area contributed by atoms with Crippen LogP contribution in [-0.4, -0.2) is 7.05 Å². The summed E-state index contributed by atoms with van der Waals surface area (Å²) in [5.74, 6) is -1.12. The van der Waals surface area contributed by atoms with Gasteiger partial charge in [-0.2, -0.15) is 0 Å². The van der Waals surface area contributed by atoms with E-state index in [9.17, 15) is 8.78 Å². The van der Waals surface area contributed by atoms with Crippen LogP contribution in [0.25, 0.3) is 0 Å². The van der Waals surface area contributed by atoms with Crippen molar-refractivity contribution in [2.45, 2.75) is 13.0 Å². The van der Waals surface area contributed by atoms with E-state index in [-0.39, 0.29) is 5.56 Å². The molecule has 2 rings (SSSR count). The van der Waals surface area contributed by atoms with E-state index in [1.807, 2.05) is 13.0 Å². The zero-order valence-electron chi connectivity index (χ0n) is 10.2. The maximum atomic E-state index is 14.0. The summed E-state index contributed by atoms with van der Waals surface area (Å²) < 4.78 is 29.4. The van der Waals surface area contributed by atoms with Crippen LogP contribution in [0.3, 0.4) is 0 Å².